The molecule has 3 heteroatoms. The highest BCUT2D eigenvalue weighted by molar-refractivity contribution is 5.69. The van der Waals surface area contributed by atoms with Gasteiger partial charge in [-0.25, -0.2) is 0 Å². The van der Waals surface area contributed by atoms with Crippen molar-refractivity contribution in [2.75, 3.05) is 0 Å². The quantitative estimate of drug-likeness (QED) is 0.581. The van der Waals surface area contributed by atoms with E-state index in [1.165, 1.54) is 13.0 Å². The van der Waals surface area contributed by atoms with Crippen LogP contribution in [-0.4, -0.2) is 11.1 Å². The van der Waals surface area contributed by atoms with Crippen LogP contribution in [0, 0.1) is 0 Å². The van der Waals surface area contributed by atoms with Crippen LogP contribution in [0.4, 0.5) is 0 Å². The van der Waals surface area contributed by atoms with Crippen LogP contribution in [-0.2, 0) is 4.79 Å². The van der Waals surface area contributed by atoms with E-state index >= 15 is 0 Å². The number of hydrogen-bond acceptors (Lipinski definition) is 3. The first-order valence-electron chi connectivity index (χ1n) is 4.52. The second-order valence-electron chi connectivity index (χ2n) is 3.47. The highest BCUT2D eigenvalue weighted by Crippen LogP contribution is 2.29. The molecular formula is C11H14O3. The van der Waals surface area contributed by atoms with Gasteiger partial charge in [0, 0.05) is 13.0 Å². The Balaban J connectivity index is 2.94. The summed E-state index contributed by atoms with van der Waals surface area (Å²) in [6, 6.07) is 4.89. The third-order valence-corrected chi connectivity index (χ3v) is 1.89. The Labute approximate surface area is 83.3 Å². The molecule has 0 heterocycles. The lowest BCUT2D eigenvalue weighted by atomic mass is 10.0. The zero-order valence-electron chi connectivity index (χ0n) is 8.57. The Kier molecular flexibility index (Phi) is 3.12. The van der Waals surface area contributed by atoms with E-state index in [2.05, 4.69) is 0 Å². The topological polar surface area (TPSA) is 46.5 Å². The van der Waals surface area contributed by atoms with E-state index in [1.807, 2.05) is 13.8 Å². The van der Waals surface area contributed by atoms with Gasteiger partial charge in [0.05, 0.1) is 0 Å². The number of phenolic OH excluding ortho intramolecular Hbond substituents is 1. The summed E-state index contributed by atoms with van der Waals surface area (Å²) in [7, 11) is 0. The number of phenols is 1. The number of carbonyl (C=O) groups excluding carboxylic acids is 1. The summed E-state index contributed by atoms with van der Waals surface area (Å²) in [6.45, 7) is 5.30. The van der Waals surface area contributed by atoms with Gasteiger partial charge in [0.25, 0.3) is 0 Å². The van der Waals surface area contributed by atoms with E-state index in [4.69, 9.17) is 4.74 Å². The predicted molar refractivity (Wildman–Crippen MR) is 53.5 cm³/mol. The third-order valence-electron chi connectivity index (χ3n) is 1.89. The monoisotopic (exact) mass is 194 g/mol. The molecule has 14 heavy (non-hydrogen) atoms. The minimum Gasteiger partial charge on any atom is -0.508 e. The fraction of sp³-hybridized carbons (Fsp3) is 0.364. The van der Waals surface area contributed by atoms with Crippen LogP contribution in [0.15, 0.2) is 18.2 Å². The highest BCUT2D eigenvalue weighted by Gasteiger charge is 2.07. The molecule has 0 saturated heterocycles. The van der Waals surface area contributed by atoms with E-state index in [1.54, 1.807) is 12.1 Å². The molecule has 0 bridgehead atoms. The van der Waals surface area contributed by atoms with Crippen molar-refractivity contribution in [3.05, 3.63) is 23.8 Å². The molecule has 1 N–H and O–H groups in total. The molecule has 0 spiro atoms. The summed E-state index contributed by atoms with van der Waals surface area (Å²) in [5.74, 6) is 0.404. The molecule has 76 valence electrons. The van der Waals surface area contributed by atoms with Gasteiger partial charge in [0.1, 0.15) is 11.5 Å². The Morgan fingerprint density at radius 1 is 1.43 bits per heavy atom. The van der Waals surface area contributed by atoms with E-state index in [0.717, 1.165) is 5.56 Å². The molecule has 0 unspecified atom stereocenters. The van der Waals surface area contributed by atoms with Gasteiger partial charge < -0.3 is 9.84 Å². The molecule has 0 amide bonds. The predicted octanol–water partition coefficient (Wildman–Crippen LogP) is 2.44. The van der Waals surface area contributed by atoms with Crippen molar-refractivity contribution >= 4 is 5.97 Å². The van der Waals surface area contributed by atoms with Crippen molar-refractivity contribution in [2.24, 2.45) is 0 Å². The van der Waals surface area contributed by atoms with Gasteiger partial charge in [-0.2, -0.15) is 0 Å². The summed E-state index contributed by atoms with van der Waals surface area (Å²) >= 11 is 0. The molecular weight excluding hydrogens is 180 g/mol. The zero-order valence-corrected chi connectivity index (χ0v) is 8.57. The molecule has 0 aliphatic rings. The largest absolute Gasteiger partial charge is 0.508 e. The van der Waals surface area contributed by atoms with Crippen molar-refractivity contribution in [1.82, 2.24) is 0 Å². The normalized spacial score (nSPS) is 10.3. The number of benzene rings is 1. The van der Waals surface area contributed by atoms with E-state index < -0.39 is 0 Å². The SMILES string of the molecule is CC(=O)Oc1ccc(C(C)C)c(O)c1. The second-order valence-corrected chi connectivity index (χ2v) is 3.47. The fourth-order valence-corrected chi connectivity index (χ4v) is 1.24. The van der Waals surface area contributed by atoms with E-state index in [0.29, 0.717) is 5.75 Å². The summed E-state index contributed by atoms with van der Waals surface area (Å²) < 4.78 is 4.83. The first-order chi connectivity index (χ1) is 6.50. The Bertz CT molecular complexity index is 342. The van der Waals surface area contributed by atoms with Crippen LogP contribution >= 0.6 is 0 Å². The minimum absolute atomic E-state index is 0.166. The van der Waals surface area contributed by atoms with Gasteiger partial charge >= 0.3 is 5.97 Å². The maximum absolute atomic E-state index is 10.6. The first kappa shape index (κ1) is 10.6. The third kappa shape index (κ3) is 2.49. The van der Waals surface area contributed by atoms with Gasteiger partial charge in [-0.3, -0.25) is 4.79 Å². The van der Waals surface area contributed by atoms with Gasteiger partial charge in [0.2, 0.25) is 0 Å². The van der Waals surface area contributed by atoms with Crippen molar-refractivity contribution in [2.45, 2.75) is 26.7 Å². The lowest BCUT2D eigenvalue weighted by Crippen LogP contribution is -2.01. The average molecular weight is 194 g/mol. The number of rotatable bonds is 2. The molecule has 0 radical (unpaired) electrons. The summed E-state index contributed by atoms with van der Waals surface area (Å²) in [6.07, 6.45) is 0. The van der Waals surface area contributed by atoms with Crippen LogP contribution < -0.4 is 4.74 Å². The smallest absolute Gasteiger partial charge is 0.308 e. The zero-order chi connectivity index (χ0) is 10.7. The standard InChI is InChI=1S/C11H14O3/c1-7(2)10-5-4-9(6-11(10)13)14-8(3)12/h4-7,13H,1-3H3. The van der Waals surface area contributed by atoms with Crippen molar-refractivity contribution in [3.8, 4) is 11.5 Å². The van der Waals surface area contributed by atoms with Crippen molar-refractivity contribution < 1.29 is 14.6 Å². The van der Waals surface area contributed by atoms with Crippen molar-refractivity contribution in [3.63, 3.8) is 0 Å². The Hall–Kier alpha value is -1.51. The lowest BCUT2D eigenvalue weighted by molar-refractivity contribution is -0.131. The Morgan fingerprint density at radius 2 is 2.07 bits per heavy atom. The Morgan fingerprint density at radius 3 is 2.50 bits per heavy atom. The minimum atomic E-state index is -0.387. The number of hydrogen-bond donors (Lipinski definition) is 1. The number of esters is 1. The molecule has 1 rings (SSSR count). The van der Waals surface area contributed by atoms with Crippen LogP contribution in [0.1, 0.15) is 32.3 Å². The molecule has 1 aromatic rings. The number of aromatic hydroxyl groups is 1. The summed E-state index contributed by atoms with van der Waals surface area (Å²) in [4.78, 5) is 10.6. The maximum Gasteiger partial charge on any atom is 0.308 e. The van der Waals surface area contributed by atoms with E-state index in [-0.39, 0.29) is 17.6 Å². The summed E-state index contributed by atoms with van der Waals surface area (Å²) in [5.41, 5.74) is 0.848. The van der Waals surface area contributed by atoms with Crippen LogP contribution in [0.25, 0.3) is 0 Å². The molecule has 1 aromatic carbocycles. The molecule has 0 aliphatic carbocycles. The molecule has 0 saturated carbocycles. The lowest BCUT2D eigenvalue weighted by Gasteiger charge is -2.09. The van der Waals surface area contributed by atoms with Crippen LogP contribution in [0.2, 0.25) is 0 Å². The number of carbonyl (C=O) groups is 1. The second kappa shape index (κ2) is 4.13. The molecule has 0 aromatic heterocycles. The fourth-order valence-electron chi connectivity index (χ4n) is 1.24. The molecule has 3 nitrogen and oxygen atoms in total. The molecule has 0 atom stereocenters. The van der Waals surface area contributed by atoms with Gasteiger partial charge in [-0.05, 0) is 17.5 Å². The van der Waals surface area contributed by atoms with Gasteiger partial charge in [-0.15, -0.1) is 0 Å². The maximum atomic E-state index is 10.6. The molecule has 0 aliphatic heterocycles. The van der Waals surface area contributed by atoms with Crippen molar-refractivity contribution in [1.29, 1.82) is 0 Å². The van der Waals surface area contributed by atoms with Gasteiger partial charge in [-0.1, -0.05) is 19.9 Å². The van der Waals surface area contributed by atoms with Crippen LogP contribution in [0.5, 0.6) is 11.5 Å². The highest BCUT2D eigenvalue weighted by atomic mass is 16.5. The van der Waals surface area contributed by atoms with Gasteiger partial charge in [0.15, 0.2) is 0 Å². The molecule has 0 fully saturated rings. The number of ether oxygens (including phenoxy) is 1. The first-order valence-corrected chi connectivity index (χ1v) is 4.52. The van der Waals surface area contributed by atoms with E-state index in [9.17, 15) is 9.90 Å². The average Bonchev–Trinajstić information content (AvgIpc) is 2.01. The van der Waals surface area contributed by atoms with Crippen LogP contribution in [0.3, 0.4) is 0 Å². The summed E-state index contributed by atoms with van der Waals surface area (Å²) in [5, 5.41) is 9.58.